The van der Waals surface area contributed by atoms with Gasteiger partial charge in [0.05, 0.1) is 29.2 Å². The summed E-state index contributed by atoms with van der Waals surface area (Å²) in [7, 11) is 0. The molecule has 0 atom stereocenters. The molecule has 3 aromatic rings. The number of nitrogens with zero attached hydrogens (tertiary/aromatic N) is 4. The van der Waals surface area contributed by atoms with Crippen LogP contribution in [-0.2, 0) is 43.1 Å². The number of hydrogen-bond acceptors (Lipinski definition) is 3. The Morgan fingerprint density at radius 2 is 1.69 bits per heavy atom. The number of aryl methyl sites for hydroxylation is 1. The van der Waals surface area contributed by atoms with Gasteiger partial charge in [-0.15, -0.1) is 0 Å². The lowest BCUT2D eigenvalue weighted by atomic mass is 10.1. The SMILES string of the molecule is Cc1nn(Cc2cccc(C(F)(F)F)c2)c(C)c1NC(=O)Cn1nc(C(F)(F)F)c2c1CCCCC2. The van der Waals surface area contributed by atoms with Crippen LogP contribution in [0.15, 0.2) is 24.3 Å². The predicted molar refractivity (Wildman–Crippen MR) is 119 cm³/mol. The minimum atomic E-state index is -4.60. The molecule has 2 aromatic heterocycles. The van der Waals surface area contributed by atoms with Crippen LogP contribution >= 0.6 is 0 Å². The number of nitrogens with one attached hydrogen (secondary N) is 1. The van der Waals surface area contributed by atoms with Crippen molar-refractivity contribution in [2.75, 3.05) is 5.32 Å². The van der Waals surface area contributed by atoms with E-state index in [0.717, 1.165) is 29.7 Å². The third-order valence-electron chi connectivity index (χ3n) is 6.30. The fourth-order valence-electron chi connectivity index (χ4n) is 4.57. The maximum atomic E-state index is 13.5. The molecule has 0 aliphatic heterocycles. The average molecular weight is 513 g/mol. The smallest absolute Gasteiger partial charge is 0.321 e. The molecule has 12 heteroatoms. The molecule has 2 heterocycles. The molecule has 0 saturated heterocycles. The van der Waals surface area contributed by atoms with Gasteiger partial charge in [0.2, 0.25) is 5.91 Å². The van der Waals surface area contributed by atoms with Crippen LogP contribution in [0.3, 0.4) is 0 Å². The number of carbonyl (C=O) groups excluding carboxylic acids is 1. The van der Waals surface area contributed by atoms with E-state index >= 15 is 0 Å². The number of anilines is 1. The largest absolute Gasteiger partial charge is 0.435 e. The molecule has 0 bridgehead atoms. The van der Waals surface area contributed by atoms with Gasteiger partial charge in [-0.2, -0.15) is 36.5 Å². The van der Waals surface area contributed by atoms with Gasteiger partial charge in [-0.05, 0) is 57.2 Å². The minimum Gasteiger partial charge on any atom is -0.321 e. The lowest BCUT2D eigenvalue weighted by Crippen LogP contribution is -2.22. The van der Waals surface area contributed by atoms with Crippen molar-refractivity contribution >= 4 is 11.6 Å². The second-order valence-corrected chi connectivity index (χ2v) is 8.94. The summed E-state index contributed by atoms with van der Waals surface area (Å²) in [6.45, 7) is 2.95. The van der Waals surface area contributed by atoms with Gasteiger partial charge in [-0.3, -0.25) is 14.2 Å². The average Bonchev–Trinajstić information content (AvgIpc) is 3.12. The molecule has 1 aliphatic rings. The fourth-order valence-corrected chi connectivity index (χ4v) is 4.57. The van der Waals surface area contributed by atoms with Crippen LogP contribution in [0.4, 0.5) is 32.0 Å². The van der Waals surface area contributed by atoms with Crippen molar-refractivity contribution in [1.29, 1.82) is 0 Å². The molecule has 1 aromatic carbocycles. The summed E-state index contributed by atoms with van der Waals surface area (Å²) in [5.74, 6) is -0.567. The molecule has 36 heavy (non-hydrogen) atoms. The molecule has 1 amide bonds. The molecule has 4 rings (SSSR count). The van der Waals surface area contributed by atoms with E-state index in [2.05, 4.69) is 15.5 Å². The Morgan fingerprint density at radius 3 is 2.39 bits per heavy atom. The predicted octanol–water partition coefficient (Wildman–Crippen LogP) is 5.69. The third kappa shape index (κ3) is 5.41. The van der Waals surface area contributed by atoms with Crippen LogP contribution in [-0.4, -0.2) is 25.5 Å². The molecule has 0 spiro atoms. The number of halogens is 6. The first kappa shape index (κ1) is 25.8. The molecule has 6 nitrogen and oxygen atoms in total. The van der Waals surface area contributed by atoms with E-state index in [0.29, 0.717) is 41.2 Å². The van der Waals surface area contributed by atoms with Gasteiger partial charge in [-0.1, -0.05) is 18.6 Å². The zero-order valence-corrected chi connectivity index (χ0v) is 19.7. The van der Waals surface area contributed by atoms with Crippen LogP contribution in [0.1, 0.15) is 58.7 Å². The summed E-state index contributed by atoms with van der Waals surface area (Å²) in [5, 5.41) is 10.8. The summed E-state index contributed by atoms with van der Waals surface area (Å²) in [5.41, 5.74) is 0.572. The molecule has 1 aliphatic carbocycles. The molecule has 1 N–H and O–H groups in total. The van der Waals surface area contributed by atoms with Gasteiger partial charge in [0.15, 0.2) is 5.69 Å². The highest BCUT2D eigenvalue weighted by atomic mass is 19.4. The van der Waals surface area contributed by atoms with Gasteiger partial charge in [0.1, 0.15) is 6.54 Å². The Morgan fingerprint density at radius 1 is 0.972 bits per heavy atom. The highest BCUT2D eigenvalue weighted by Crippen LogP contribution is 2.35. The summed E-state index contributed by atoms with van der Waals surface area (Å²) in [6, 6.07) is 4.88. The van der Waals surface area contributed by atoms with Crippen LogP contribution < -0.4 is 5.32 Å². The van der Waals surface area contributed by atoms with E-state index in [9.17, 15) is 31.1 Å². The molecule has 0 unspecified atom stereocenters. The standard InChI is InChI=1S/C24H25F6N5O/c1-14-21(15(2)34(32-14)12-16-7-6-8-17(11-16)23(25,26)27)31-20(36)13-35-19-10-5-3-4-9-18(19)22(33-35)24(28,29)30/h6-8,11H,3-5,9-10,12-13H2,1-2H3,(H,31,36). The molecule has 0 radical (unpaired) electrons. The molecular weight excluding hydrogens is 488 g/mol. The zero-order valence-electron chi connectivity index (χ0n) is 19.7. The highest BCUT2D eigenvalue weighted by molar-refractivity contribution is 5.91. The monoisotopic (exact) mass is 513 g/mol. The van der Waals surface area contributed by atoms with E-state index in [1.54, 1.807) is 19.9 Å². The Balaban J connectivity index is 1.53. The molecule has 0 saturated carbocycles. The van der Waals surface area contributed by atoms with Gasteiger partial charge in [-0.25, -0.2) is 0 Å². The number of alkyl halides is 6. The van der Waals surface area contributed by atoms with E-state index in [1.807, 2.05) is 0 Å². The lowest BCUT2D eigenvalue weighted by Gasteiger charge is -2.11. The Hall–Kier alpha value is -3.31. The second-order valence-electron chi connectivity index (χ2n) is 8.94. The maximum absolute atomic E-state index is 13.5. The Kier molecular flexibility index (Phi) is 6.89. The molecule has 194 valence electrons. The first-order chi connectivity index (χ1) is 16.8. The van der Waals surface area contributed by atoms with Crippen LogP contribution in [0.5, 0.6) is 0 Å². The maximum Gasteiger partial charge on any atom is 0.435 e. The van der Waals surface area contributed by atoms with Crippen molar-refractivity contribution in [3.63, 3.8) is 0 Å². The van der Waals surface area contributed by atoms with Gasteiger partial charge in [0.25, 0.3) is 0 Å². The lowest BCUT2D eigenvalue weighted by molar-refractivity contribution is -0.142. The van der Waals surface area contributed by atoms with Crippen LogP contribution in [0, 0.1) is 13.8 Å². The number of fused-ring (bicyclic) bond motifs is 1. The highest BCUT2D eigenvalue weighted by Gasteiger charge is 2.39. The number of carbonyl (C=O) groups is 1. The number of rotatable bonds is 5. The number of amides is 1. The van der Waals surface area contributed by atoms with Gasteiger partial charge >= 0.3 is 12.4 Å². The van der Waals surface area contributed by atoms with E-state index in [1.165, 1.54) is 10.7 Å². The van der Waals surface area contributed by atoms with Crippen LogP contribution in [0.2, 0.25) is 0 Å². The number of hydrogen-bond donors (Lipinski definition) is 1. The molecule has 0 fully saturated rings. The normalized spacial score (nSPS) is 14.4. The second kappa shape index (κ2) is 9.62. The van der Waals surface area contributed by atoms with Gasteiger partial charge in [0, 0.05) is 11.3 Å². The Labute approximate surface area is 203 Å². The first-order valence-corrected chi connectivity index (χ1v) is 11.5. The summed E-state index contributed by atoms with van der Waals surface area (Å²) in [4.78, 5) is 12.8. The van der Waals surface area contributed by atoms with Crippen molar-refractivity contribution in [3.05, 3.63) is 63.7 Å². The third-order valence-corrected chi connectivity index (χ3v) is 6.30. The zero-order chi connectivity index (χ0) is 26.3. The summed E-state index contributed by atoms with van der Waals surface area (Å²) in [6.07, 6.45) is -6.23. The minimum absolute atomic E-state index is 0.0497. The molecular formula is C24H25F6N5O. The first-order valence-electron chi connectivity index (χ1n) is 11.5. The van der Waals surface area contributed by atoms with Crippen molar-refractivity contribution < 1.29 is 31.1 Å². The van der Waals surface area contributed by atoms with E-state index in [4.69, 9.17) is 0 Å². The van der Waals surface area contributed by atoms with E-state index in [-0.39, 0.29) is 18.5 Å². The van der Waals surface area contributed by atoms with Crippen molar-refractivity contribution in [2.45, 2.75) is 71.4 Å². The van der Waals surface area contributed by atoms with Crippen molar-refractivity contribution in [2.24, 2.45) is 0 Å². The summed E-state index contributed by atoms with van der Waals surface area (Å²) >= 11 is 0. The quantitative estimate of drug-likeness (QED) is 0.352. The van der Waals surface area contributed by atoms with Gasteiger partial charge < -0.3 is 5.32 Å². The van der Waals surface area contributed by atoms with Crippen molar-refractivity contribution in [3.8, 4) is 0 Å². The van der Waals surface area contributed by atoms with Crippen molar-refractivity contribution in [1.82, 2.24) is 19.6 Å². The number of benzene rings is 1. The topological polar surface area (TPSA) is 64.7 Å². The number of aromatic nitrogens is 4. The Bertz CT molecular complexity index is 1270. The fraction of sp³-hybridized carbons (Fsp3) is 0.458. The van der Waals surface area contributed by atoms with Crippen LogP contribution in [0.25, 0.3) is 0 Å². The summed E-state index contributed by atoms with van der Waals surface area (Å²) < 4.78 is 82.3. The van der Waals surface area contributed by atoms with E-state index < -0.39 is 36.1 Å².